The largest absolute Gasteiger partial charge is 0.326 e. The van der Waals surface area contributed by atoms with Crippen molar-refractivity contribution < 1.29 is 4.48 Å². The van der Waals surface area contributed by atoms with E-state index in [0.717, 1.165) is 0 Å². The van der Waals surface area contributed by atoms with Gasteiger partial charge in [-0.2, -0.15) is 0 Å². The summed E-state index contributed by atoms with van der Waals surface area (Å²) < 4.78 is 1.37. The Balaban J connectivity index is 4.07. The van der Waals surface area contributed by atoms with Gasteiger partial charge in [-0.1, -0.05) is 348 Å². The summed E-state index contributed by atoms with van der Waals surface area (Å²) >= 11 is 0. The number of rotatable bonds is 60. The molecule has 1 heteroatoms. The second-order valence-electron chi connectivity index (χ2n) is 22.9. The molecule has 0 N–H and O–H groups in total. The number of hydrogen-bond acceptors (Lipinski definition) is 0. The topological polar surface area (TPSA) is 0 Å². The van der Waals surface area contributed by atoms with Gasteiger partial charge in [0.1, 0.15) is 0 Å². The summed E-state index contributed by atoms with van der Waals surface area (Å²) in [6.07, 6.45) is 84.2. The number of unbranched alkanes of at least 4 members (excludes halogenated alkanes) is 54. The summed E-state index contributed by atoms with van der Waals surface area (Å²) in [5, 5.41) is 0. The van der Waals surface area contributed by atoms with E-state index in [0.29, 0.717) is 0 Å². The smallest absolute Gasteiger partial charge is 0.0784 e. The third-order valence-electron chi connectivity index (χ3n) is 15.9. The van der Waals surface area contributed by atoms with Gasteiger partial charge in [-0.05, 0) is 38.5 Å². The SMILES string of the molecule is CCCCCCCCCCCCCCCCCCCCCCC[N+](C)(CCCCCCCCCCCCCCCCCCCC)CCCCCCCCCCCCCCCCCCCC. The van der Waals surface area contributed by atoms with Gasteiger partial charge in [-0.3, -0.25) is 0 Å². The van der Waals surface area contributed by atoms with Gasteiger partial charge in [0.25, 0.3) is 0 Å². The first-order valence-electron chi connectivity index (χ1n) is 32.0. The van der Waals surface area contributed by atoms with Crippen molar-refractivity contribution in [2.45, 2.75) is 387 Å². The van der Waals surface area contributed by atoms with Gasteiger partial charge in [0.15, 0.2) is 0 Å². The van der Waals surface area contributed by atoms with Crippen LogP contribution in [0, 0.1) is 0 Å². The maximum Gasteiger partial charge on any atom is 0.0784 e. The van der Waals surface area contributed by atoms with Crippen LogP contribution in [0.2, 0.25) is 0 Å². The Morgan fingerprint density at radius 3 is 0.338 bits per heavy atom. The molecule has 0 aliphatic rings. The molecule has 0 fully saturated rings. The third-order valence-corrected chi connectivity index (χ3v) is 15.9. The minimum absolute atomic E-state index is 1.37. The van der Waals surface area contributed by atoms with Crippen LogP contribution in [0.3, 0.4) is 0 Å². The van der Waals surface area contributed by atoms with Crippen LogP contribution < -0.4 is 0 Å². The second-order valence-corrected chi connectivity index (χ2v) is 22.9. The van der Waals surface area contributed by atoms with Crippen molar-refractivity contribution in [3.63, 3.8) is 0 Å². The zero-order valence-corrected chi connectivity index (χ0v) is 46.9. The molecule has 0 amide bonds. The van der Waals surface area contributed by atoms with Gasteiger partial charge >= 0.3 is 0 Å². The summed E-state index contributed by atoms with van der Waals surface area (Å²) in [7, 11) is 2.65. The fraction of sp³-hybridized carbons (Fsp3) is 1.00. The fourth-order valence-electron chi connectivity index (χ4n) is 11.1. The van der Waals surface area contributed by atoms with E-state index in [1.165, 1.54) is 390 Å². The molecule has 0 bridgehead atoms. The first-order chi connectivity index (χ1) is 32.2. The minimum atomic E-state index is 1.37. The minimum Gasteiger partial charge on any atom is -0.326 e. The molecule has 392 valence electrons. The molecule has 0 rings (SSSR count). The highest BCUT2D eigenvalue weighted by Gasteiger charge is 2.20. The Labute approximate surface area is 416 Å². The molecule has 0 unspecified atom stereocenters. The van der Waals surface area contributed by atoms with E-state index in [-0.39, 0.29) is 0 Å². The van der Waals surface area contributed by atoms with E-state index in [9.17, 15) is 0 Å². The highest BCUT2D eigenvalue weighted by molar-refractivity contribution is 4.56. The zero-order chi connectivity index (χ0) is 46.9. The van der Waals surface area contributed by atoms with Gasteiger partial charge in [0.2, 0.25) is 0 Å². The maximum absolute atomic E-state index is 2.65. The molecule has 0 heterocycles. The van der Waals surface area contributed by atoms with Crippen LogP contribution in [0.25, 0.3) is 0 Å². The van der Waals surface area contributed by atoms with Gasteiger partial charge in [0, 0.05) is 0 Å². The lowest BCUT2D eigenvalue weighted by atomic mass is 10.0. The lowest BCUT2D eigenvalue weighted by molar-refractivity contribution is -0.910. The van der Waals surface area contributed by atoms with E-state index in [4.69, 9.17) is 0 Å². The summed E-state index contributed by atoms with van der Waals surface area (Å²) in [6, 6.07) is 0. The highest BCUT2D eigenvalue weighted by atomic mass is 15.3. The first-order valence-corrected chi connectivity index (χ1v) is 32.0. The van der Waals surface area contributed by atoms with E-state index in [1.807, 2.05) is 0 Å². The van der Waals surface area contributed by atoms with Gasteiger partial charge in [-0.25, -0.2) is 0 Å². The average molecular weight is 916 g/mol. The quantitative estimate of drug-likeness (QED) is 0.0421. The van der Waals surface area contributed by atoms with E-state index < -0.39 is 0 Å². The van der Waals surface area contributed by atoms with Crippen LogP contribution in [0.5, 0.6) is 0 Å². The van der Waals surface area contributed by atoms with Gasteiger partial charge in [-0.15, -0.1) is 0 Å². The Hall–Kier alpha value is -0.0400. The van der Waals surface area contributed by atoms with Crippen molar-refractivity contribution in [2.24, 2.45) is 0 Å². The zero-order valence-electron chi connectivity index (χ0n) is 46.9. The van der Waals surface area contributed by atoms with Crippen molar-refractivity contribution in [1.29, 1.82) is 0 Å². The molecule has 0 saturated heterocycles. The van der Waals surface area contributed by atoms with Crippen LogP contribution in [-0.4, -0.2) is 31.2 Å². The predicted octanol–water partition coefficient (Wildman–Crippen LogP) is 23.7. The number of hydrogen-bond donors (Lipinski definition) is 0. The molecular weight excluding hydrogens is 783 g/mol. The Bertz CT molecular complexity index is 763. The summed E-state index contributed by atoms with van der Waals surface area (Å²) in [4.78, 5) is 0. The molecule has 0 aliphatic heterocycles. The first kappa shape index (κ1) is 65.0. The van der Waals surface area contributed by atoms with Crippen LogP contribution >= 0.6 is 0 Å². The van der Waals surface area contributed by atoms with Crippen molar-refractivity contribution in [2.75, 3.05) is 26.7 Å². The molecule has 0 aromatic heterocycles. The standard InChI is InChI=1S/C64H132N/c1-5-8-11-14-17-20-23-26-29-32-35-36-37-40-43-46-49-52-55-58-61-64-65(4,62-59-56-53-50-47-44-41-38-33-30-27-24-21-18-15-12-9-6-2)63-60-57-54-51-48-45-42-39-34-31-28-25-22-19-16-13-10-7-3/h5-64H2,1-4H3/q+1. The molecule has 65 heavy (non-hydrogen) atoms. The van der Waals surface area contributed by atoms with Crippen LogP contribution in [0.15, 0.2) is 0 Å². The monoisotopic (exact) mass is 915 g/mol. The third kappa shape index (κ3) is 56.4. The Kier molecular flexibility index (Phi) is 58.2. The normalized spacial score (nSPS) is 12.0. The lowest BCUT2D eigenvalue weighted by Gasteiger charge is -2.35. The molecule has 0 atom stereocenters. The van der Waals surface area contributed by atoms with E-state index in [2.05, 4.69) is 27.8 Å². The number of nitrogens with zero attached hydrogens (tertiary/aromatic N) is 1. The lowest BCUT2D eigenvalue weighted by Crippen LogP contribution is -2.46. The fourth-order valence-corrected chi connectivity index (χ4v) is 11.1. The summed E-state index contributed by atoms with van der Waals surface area (Å²) in [5.74, 6) is 0. The van der Waals surface area contributed by atoms with E-state index >= 15 is 0 Å². The summed E-state index contributed by atoms with van der Waals surface area (Å²) in [6.45, 7) is 11.3. The molecular formula is C64H132N+. The maximum atomic E-state index is 2.65. The Morgan fingerprint density at radius 1 is 0.138 bits per heavy atom. The highest BCUT2D eigenvalue weighted by Crippen LogP contribution is 2.20. The molecule has 0 aliphatic carbocycles. The van der Waals surface area contributed by atoms with Crippen LogP contribution in [0.4, 0.5) is 0 Å². The van der Waals surface area contributed by atoms with Crippen molar-refractivity contribution in [1.82, 2.24) is 0 Å². The van der Waals surface area contributed by atoms with Gasteiger partial charge < -0.3 is 4.48 Å². The van der Waals surface area contributed by atoms with E-state index in [1.54, 1.807) is 0 Å². The molecule has 0 saturated carbocycles. The molecule has 0 aromatic rings. The van der Waals surface area contributed by atoms with Crippen LogP contribution in [0.1, 0.15) is 387 Å². The second kappa shape index (κ2) is 58.3. The number of quaternary nitrogens is 1. The molecule has 1 nitrogen and oxygen atoms in total. The Morgan fingerprint density at radius 2 is 0.231 bits per heavy atom. The van der Waals surface area contributed by atoms with Crippen molar-refractivity contribution in [3.8, 4) is 0 Å². The molecule has 0 radical (unpaired) electrons. The van der Waals surface area contributed by atoms with Crippen molar-refractivity contribution >= 4 is 0 Å². The van der Waals surface area contributed by atoms with Gasteiger partial charge in [0.05, 0.1) is 26.7 Å². The molecule has 0 spiro atoms. The summed E-state index contributed by atoms with van der Waals surface area (Å²) in [5.41, 5.74) is 0. The van der Waals surface area contributed by atoms with Crippen molar-refractivity contribution in [3.05, 3.63) is 0 Å². The predicted molar refractivity (Wildman–Crippen MR) is 301 cm³/mol. The van der Waals surface area contributed by atoms with Crippen LogP contribution in [-0.2, 0) is 0 Å². The average Bonchev–Trinajstić information content (AvgIpc) is 3.31. The molecule has 0 aromatic carbocycles.